The van der Waals surface area contributed by atoms with Gasteiger partial charge in [-0.2, -0.15) is 0 Å². The van der Waals surface area contributed by atoms with E-state index < -0.39 is 0 Å². The van der Waals surface area contributed by atoms with Gasteiger partial charge in [0.25, 0.3) is 0 Å². The molecule has 27 heavy (non-hydrogen) atoms. The molecular formula is C23H26N2O2. The molecule has 1 N–H and O–H groups in total. The van der Waals surface area contributed by atoms with Crippen LogP contribution in [0.25, 0.3) is 10.8 Å². The quantitative estimate of drug-likeness (QED) is 0.747. The first-order valence-corrected chi connectivity index (χ1v) is 9.45. The molecule has 1 saturated heterocycles. The first kappa shape index (κ1) is 17.8. The number of ether oxygens (including phenoxy) is 2. The third kappa shape index (κ3) is 3.64. The van der Waals surface area contributed by atoms with E-state index in [-0.39, 0.29) is 6.04 Å². The van der Waals surface area contributed by atoms with Gasteiger partial charge in [-0.25, -0.2) is 0 Å². The average molecular weight is 362 g/mol. The fraction of sp³-hybridized carbons (Fsp3) is 0.304. The Balaban J connectivity index is 1.80. The standard InChI is InChI=1S/C23H26N2O2/c1-26-21-10-9-20(16-22(21)27-2)23(25-13-11-24-12-14-25)19-8-7-17-5-3-4-6-18(17)15-19/h3-10,15-16,23-24H,11-14H2,1-2H3. The van der Waals surface area contributed by atoms with Gasteiger partial charge >= 0.3 is 0 Å². The summed E-state index contributed by atoms with van der Waals surface area (Å²) < 4.78 is 11.0. The molecule has 0 spiro atoms. The van der Waals surface area contributed by atoms with Crippen molar-refractivity contribution in [2.45, 2.75) is 6.04 Å². The van der Waals surface area contributed by atoms with Gasteiger partial charge in [-0.05, 0) is 40.1 Å². The van der Waals surface area contributed by atoms with Crippen molar-refractivity contribution in [3.8, 4) is 11.5 Å². The molecule has 140 valence electrons. The predicted octanol–water partition coefficient (Wildman–Crippen LogP) is 3.85. The van der Waals surface area contributed by atoms with Gasteiger partial charge in [-0.3, -0.25) is 4.90 Å². The number of methoxy groups -OCH3 is 2. The third-order valence-electron chi connectivity index (χ3n) is 5.33. The summed E-state index contributed by atoms with van der Waals surface area (Å²) in [5, 5.41) is 6.00. The van der Waals surface area contributed by atoms with E-state index in [1.807, 2.05) is 6.07 Å². The van der Waals surface area contributed by atoms with E-state index in [0.717, 1.165) is 37.7 Å². The van der Waals surface area contributed by atoms with Crippen LogP contribution in [0.2, 0.25) is 0 Å². The third-order valence-corrected chi connectivity index (χ3v) is 5.33. The fourth-order valence-corrected chi connectivity index (χ4v) is 3.96. The summed E-state index contributed by atoms with van der Waals surface area (Å²) in [7, 11) is 3.37. The largest absolute Gasteiger partial charge is 0.493 e. The van der Waals surface area contributed by atoms with Crippen LogP contribution in [0.1, 0.15) is 17.2 Å². The minimum absolute atomic E-state index is 0.191. The molecule has 4 heteroatoms. The highest BCUT2D eigenvalue weighted by Crippen LogP contribution is 2.36. The lowest BCUT2D eigenvalue weighted by atomic mass is 9.94. The Morgan fingerprint density at radius 3 is 2.19 bits per heavy atom. The lowest BCUT2D eigenvalue weighted by Crippen LogP contribution is -2.45. The van der Waals surface area contributed by atoms with Crippen LogP contribution in [0.5, 0.6) is 11.5 Å². The van der Waals surface area contributed by atoms with Crippen molar-refractivity contribution in [1.82, 2.24) is 10.2 Å². The minimum Gasteiger partial charge on any atom is -0.493 e. The zero-order valence-electron chi connectivity index (χ0n) is 15.9. The van der Waals surface area contributed by atoms with Gasteiger partial charge in [-0.1, -0.05) is 42.5 Å². The number of hydrogen-bond acceptors (Lipinski definition) is 4. The molecule has 3 aromatic carbocycles. The molecule has 1 fully saturated rings. The van der Waals surface area contributed by atoms with Gasteiger partial charge in [0, 0.05) is 26.2 Å². The van der Waals surface area contributed by atoms with Crippen molar-refractivity contribution in [2.75, 3.05) is 40.4 Å². The summed E-state index contributed by atoms with van der Waals surface area (Å²) in [6, 6.07) is 21.8. The van der Waals surface area contributed by atoms with E-state index in [4.69, 9.17) is 9.47 Å². The maximum Gasteiger partial charge on any atom is 0.161 e. The maximum atomic E-state index is 5.56. The zero-order chi connectivity index (χ0) is 18.6. The molecule has 3 aromatic rings. The van der Waals surface area contributed by atoms with Gasteiger partial charge in [0.15, 0.2) is 11.5 Å². The number of benzene rings is 3. The van der Waals surface area contributed by atoms with E-state index >= 15 is 0 Å². The van der Waals surface area contributed by atoms with Crippen LogP contribution in [0, 0.1) is 0 Å². The normalized spacial score (nSPS) is 16.2. The lowest BCUT2D eigenvalue weighted by Gasteiger charge is -2.36. The van der Waals surface area contributed by atoms with Crippen LogP contribution in [0.15, 0.2) is 60.7 Å². The van der Waals surface area contributed by atoms with Gasteiger partial charge in [0.2, 0.25) is 0 Å². The molecule has 0 aromatic heterocycles. The summed E-state index contributed by atoms with van der Waals surface area (Å²) in [4.78, 5) is 2.54. The Hall–Kier alpha value is -2.56. The zero-order valence-corrected chi connectivity index (χ0v) is 15.9. The Labute approximate surface area is 160 Å². The van der Waals surface area contributed by atoms with Crippen LogP contribution >= 0.6 is 0 Å². The second-order valence-corrected chi connectivity index (χ2v) is 6.91. The first-order chi connectivity index (χ1) is 13.3. The van der Waals surface area contributed by atoms with Crippen molar-refractivity contribution in [1.29, 1.82) is 0 Å². The van der Waals surface area contributed by atoms with Crippen LogP contribution in [0.3, 0.4) is 0 Å². The summed E-state index contributed by atoms with van der Waals surface area (Å²) in [6.07, 6.45) is 0. The van der Waals surface area contributed by atoms with Gasteiger partial charge in [0.05, 0.1) is 20.3 Å². The van der Waals surface area contributed by atoms with E-state index in [9.17, 15) is 0 Å². The Kier molecular flexibility index (Phi) is 5.28. The number of piperazine rings is 1. The van der Waals surface area contributed by atoms with Crippen molar-refractivity contribution in [3.05, 3.63) is 71.8 Å². The second kappa shape index (κ2) is 7.99. The average Bonchev–Trinajstić information content (AvgIpc) is 2.74. The van der Waals surface area contributed by atoms with E-state index in [0.29, 0.717) is 0 Å². The van der Waals surface area contributed by atoms with E-state index in [2.05, 4.69) is 64.8 Å². The molecule has 1 aliphatic heterocycles. The number of nitrogens with zero attached hydrogens (tertiary/aromatic N) is 1. The molecule has 0 radical (unpaired) electrons. The van der Waals surface area contributed by atoms with Crippen molar-refractivity contribution in [3.63, 3.8) is 0 Å². The number of fused-ring (bicyclic) bond motifs is 1. The van der Waals surface area contributed by atoms with Gasteiger partial charge < -0.3 is 14.8 Å². The number of hydrogen-bond donors (Lipinski definition) is 1. The molecule has 4 nitrogen and oxygen atoms in total. The van der Waals surface area contributed by atoms with Crippen molar-refractivity contribution in [2.24, 2.45) is 0 Å². The van der Waals surface area contributed by atoms with Gasteiger partial charge in [0.1, 0.15) is 0 Å². The fourth-order valence-electron chi connectivity index (χ4n) is 3.96. The molecule has 0 amide bonds. The first-order valence-electron chi connectivity index (χ1n) is 9.45. The molecule has 1 atom stereocenters. The SMILES string of the molecule is COc1ccc(C(c2ccc3ccccc3c2)N2CCNCC2)cc1OC. The Morgan fingerprint density at radius 1 is 0.778 bits per heavy atom. The van der Waals surface area contributed by atoms with Crippen molar-refractivity contribution >= 4 is 10.8 Å². The molecule has 0 bridgehead atoms. The van der Waals surface area contributed by atoms with Crippen LogP contribution in [-0.4, -0.2) is 45.3 Å². The molecule has 1 unspecified atom stereocenters. The highest BCUT2D eigenvalue weighted by molar-refractivity contribution is 5.83. The second-order valence-electron chi connectivity index (χ2n) is 6.91. The summed E-state index contributed by atoms with van der Waals surface area (Å²) >= 11 is 0. The van der Waals surface area contributed by atoms with E-state index in [1.54, 1.807) is 14.2 Å². The molecule has 1 aliphatic rings. The monoisotopic (exact) mass is 362 g/mol. The molecule has 4 rings (SSSR count). The van der Waals surface area contributed by atoms with Gasteiger partial charge in [-0.15, -0.1) is 0 Å². The van der Waals surface area contributed by atoms with E-state index in [1.165, 1.54) is 21.9 Å². The summed E-state index contributed by atoms with van der Waals surface area (Å²) in [5.41, 5.74) is 2.53. The Bertz CT molecular complexity index is 919. The molecular weight excluding hydrogens is 336 g/mol. The molecule has 0 aliphatic carbocycles. The topological polar surface area (TPSA) is 33.7 Å². The predicted molar refractivity (Wildman–Crippen MR) is 110 cm³/mol. The minimum atomic E-state index is 0.191. The number of nitrogens with one attached hydrogen (secondary N) is 1. The Morgan fingerprint density at radius 2 is 1.44 bits per heavy atom. The molecule has 1 heterocycles. The highest BCUT2D eigenvalue weighted by Gasteiger charge is 2.25. The summed E-state index contributed by atoms with van der Waals surface area (Å²) in [5.74, 6) is 1.54. The van der Waals surface area contributed by atoms with Crippen LogP contribution in [-0.2, 0) is 0 Å². The smallest absolute Gasteiger partial charge is 0.161 e. The summed E-state index contributed by atoms with van der Waals surface area (Å²) in [6.45, 7) is 4.06. The van der Waals surface area contributed by atoms with Crippen molar-refractivity contribution < 1.29 is 9.47 Å². The molecule has 0 saturated carbocycles. The van der Waals surface area contributed by atoms with Crippen LogP contribution < -0.4 is 14.8 Å². The van der Waals surface area contributed by atoms with Crippen LogP contribution in [0.4, 0.5) is 0 Å². The highest BCUT2D eigenvalue weighted by atomic mass is 16.5. The number of rotatable bonds is 5. The maximum absolute atomic E-state index is 5.56. The lowest BCUT2D eigenvalue weighted by molar-refractivity contribution is 0.198.